The quantitative estimate of drug-likeness (QED) is 0.773. The molecule has 1 unspecified atom stereocenters. The molecule has 0 bridgehead atoms. The van der Waals surface area contributed by atoms with Crippen LogP contribution in [0.4, 0.5) is 4.39 Å². The Bertz CT molecular complexity index is 673. The van der Waals surface area contributed by atoms with Gasteiger partial charge in [0.2, 0.25) is 15.9 Å². The lowest BCUT2D eigenvalue weighted by atomic mass is 10.1. The van der Waals surface area contributed by atoms with E-state index in [1.807, 2.05) is 0 Å². The van der Waals surface area contributed by atoms with E-state index in [9.17, 15) is 17.6 Å². The van der Waals surface area contributed by atoms with Crippen LogP contribution in [0.15, 0.2) is 23.1 Å². The highest BCUT2D eigenvalue weighted by molar-refractivity contribution is 7.89. The van der Waals surface area contributed by atoms with Crippen molar-refractivity contribution in [1.29, 1.82) is 0 Å². The highest BCUT2D eigenvalue weighted by Gasteiger charge is 2.17. The first-order valence-corrected chi connectivity index (χ1v) is 9.51. The molecule has 1 amide bonds. The Balaban J connectivity index is 1.76. The van der Waals surface area contributed by atoms with Gasteiger partial charge in [-0.15, -0.1) is 0 Å². The summed E-state index contributed by atoms with van der Waals surface area (Å²) in [4.78, 5) is 11.7. The van der Waals surface area contributed by atoms with Gasteiger partial charge in [-0.25, -0.2) is 17.5 Å². The van der Waals surface area contributed by atoms with Gasteiger partial charge in [0.05, 0.1) is 17.5 Å². The summed E-state index contributed by atoms with van der Waals surface area (Å²) in [5, 5.41) is 2.67. The lowest BCUT2D eigenvalue weighted by Gasteiger charge is -2.22. The van der Waals surface area contributed by atoms with Crippen LogP contribution in [0.1, 0.15) is 31.2 Å². The fourth-order valence-electron chi connectivity index (χ4n) is 2.50. The number of nitrogens with one attached hydrogen (secondary N) is 2. The number of hydrogen-bond acceptors (Lipinski definition) is 4. The first-order valence-electron chi connectivity index (χ1n) is 8.02. The summed E-state index contributed by atoms with van der Waals surface area (Å²) in [6, 6.07) is 3.49. The molecule has 0 spiro atoms. The van der Waals surface area contributed by atoms with Crippen LogP contribution in [0.2, 0.25) is 0 Å². The Hall–Kier alpha value is -1.51. The van der Waals surface area contributed by atoms with Crippen molar-refractivity contribution in [3.05, 3.63) is 29.6 Å². The van der Waals surface area contributed by atoms with Crippen molar-refractivity contribution in [3.8, 4) is 0 Å². The van der Waals surface area contributed by atoms with E-state index >= 15 is 0 Å². The molecule has 1 saturated heterocycles. The van der Waals surface area contributed by atoms with Gasteiger partial charge >= 0.3 is 0 Å². The number of hydrogen-bond donors (Lipinski definition) is 2. The largest absolute Gasteiger partial charge is 0.378 e. The Morgan fingerprint density at radius 2 is 2.17 bits per heavy atom. The summed E-state index contributed by atoms with van der Waals surface area (Å²) >= 11 is 0. The number of carbonyl (C=O) groups excluding carboxylic acids is 1. The molecule has 2 N–H and O–H groups in total. The molecule has 6 nitrogen and oxygen atoms in total. The van der Waals surface area contributed by atoms with Crippen molar-refractivity contribution in [2.75, 3.05) is 19.7 Å². The Kier molecular flexibility index (Phi) is 6.70. The van der Waals surface area contributed by atoms with Gasteiger partial charge in [0.15, 0.2) is 0 Å². The minimum Gasteiger partial charge on any atom is -0.378 e. The first-order chi connectivity index (χ1) is 11.4. The number of sulfonamides is 1. The number of halogens is 1. The fourth-order valence-corrected chi connectivity index (χ4v) is 3.57. The number of carbonyl (C=O) groups is 1. The van der Waals surface area contributed by atoms with E-state index in [-0.39, 0.29) is 23.1 Å². The average molecular weight is 358 g/mol. The Morgan fingerprint density at radius 1 is 1.38 bits per heavy atom. The molecule has 0 aliphatic carbocycles. The van der Waals surface area contributed by atoms with Crippen LogP contribution in [0.5, 0.6) is 0 Å². The monoisotopic (exact) mass is 358 g/mol. The topological polar surface area (TPSA) is 84.5 Å². The summed E-state index contributed by atoms with van der Waals surface area (Å²) < 4.78 is 45.2. The minimum atomic E-state index is -3.84. The maximum absolute atomic E-state index is 13.2. The van der Waals surface area contributed by atoms with Gasteiger partial charge in [-0.2, -0.15) is 0 Å². The van der Waals surface area contributed by atoms with E-state index in [1.54, 1.807) is 0 Å². The predicted molar refractivity (Wildman–Crippen MR) is 87.5 cm³/mol. The summed E-state index contributed by atoms with van der Waals surface area (Å²) in [5.74, 6) is -0.884. The number of aryl methyl sites for hydroxylation is 1. The second-order valence-corrected chi connectivity index (χ2v) is 7.63. The lowest BCUT2D eigenvalue weighted by Crippen LogP contribution is -2.38. The second kappa shape index (κ2) is 8.55. The van der Waals surface area contributed by atoms with E-state index in [0.29, 0.717) is 6.54 Å². The maximum atomic E-state index is 13.2. The molecular formula is C16H23FN2O4S. The van der Waals surface area contributed by atoms with E-state index in [1.165, 1.54) is 19.1 Å². The summed E-state index contributed by atoms with van der Waals surface area (Å²) in [7, 11) is -3.84. The van der Waals surface area contributed by atoms with Crippen molar-refractivity contribution in [1.82, 2.24) is 10.0 Å². The molecule has 0 radical (unpaired) electrons. The van der Waals surface area contributed by atoms with Crippen molar-refractivity contribution < 1.29 is 22.3 Å². The van der Waals surface area contributed by atoms with Gasteiger partial charge < -0.3 is 10.1 Å². The predicted octanol–water partition coefficient (Wildman–Crippen LogP) is 1.49. The fraction of sp³-hybridized carbons (Fsp3) is 0.562. The van der Waals surface area contributed by atoms with Crippen LogP contribution in [0, 0.1) is 12.7 Å². The summed E-state index contributed by atoms with van der Waals surface area (Å²) in [6.45, 7) is 2.33. The third-order valence-corrected chi connectivity index (χ3v) is 5.32. The number of ether oxygens (including phenoxy) is 1. The van der Waals surface area contributed by atoms with E-state index in [2.05, 4.69) is 10.0 Å². The molecule has 0 saturated carbocycles. The van der Waals surface area contributed by atoms with Gasteiger partial charge in [0.25, 0.3) is 0 Å². The molecule has 1 aliphatic heterocycles. The summed E-state index contributed by atoms with van der Waals surface area (Å²) in [6.07, 6.45) is 4.09. The molecule has 1 fully saturated rings. The minimum absolute atomic E-state index is 0.0650. The van der Waals surface area contributed by atoms with Gasteiger partial charge in [0, 0.05) is 13.2 Å². The molecule has 1 atom stereocenters. The third kappa shape index (κ3) is 5.54. The zero-order valence-corrected chi connectivity index (χ0v) is 14.5. The Labute approximate surface area is 141 Å². The lowest BCUT2D eigenvalue weighted by molar-refractivity contribution is -0.120. The molecule has 0 aromatic heterocycles. The Morgan fingerprint density at radius 3 is 2.83 bits per heavy atom. The van der Waals surface area contributed by atoms with Crippen LogP contribution in [0.25, 0.3) is 0 Å². The molecule has 1 aliphatic rings. The molecule has 1 aromatic rings. The smallest absolute Gasteiger partial charge is 0.241 e. The van der Waals surface area contributed by atoms with Crippen molar-refractivity contribution >= 4 is 15.9 Å². The van der Waals surface area contributed by atoms with Crippen LogP contribution in [-0.4, -0.2) is 40.1 Å². The summed E-state index contributed by atoms with van der Waals surface area (Å²) in [5.41, 5.74) is 0.231. The van der Waals surface area contributed by atoms with Gasteiger partial charge in [-0.05, 0) is 56.4 Å². The molecule has 1 heterocycles. The van der Waals surface area contributed by atoms with E-state index < -0.39 is 21.7 Å². The van der Waals surface area contributed by atoms with Crippen molar-refractivity contribution in [2.24, 2.45) is 0 Å². The van der Waals surface area contributed by atoms with Crippen LogP contribution >= 0.6 is 0 Å². The molecule has 8 heteroatoms. The zero-order valence-electron chi connectivity index (χ0n) is 13.7. The molecular weight excluding hydrogens is 335 g/mol. The first kappa shape index (κ1) is 18.8. The SMILES string of the molecule is Cc1cc(S(=O)(=O)NCC(=O)NCCC2CCCCO2)ccc1F. The van der Waals surface area contributed by atoms with Crippen LogP contribution in [0.3, 0.4) is 0 Å². The highest BCUT2D eigenvalue weighted by atomic mass is 32.2. The maximum Gasteiger partial charge on any atom is 0.241 e. The van der Waals surface area contributed by atoms with E-state index in [0.717, 1.165) is 38.4 Å². The second-order valence-electron chi connectivity index (χ2n) is 5.86. The molecule has 24 heavy (non-hydrogen) atoms. The molecule has 1 aromatic carbocycles. The number of rotatable bonds is 7. The van der Waals surface area contributed by atoms with Crippen molar-refractivity contribution in [2.45, 2.75) is 43.6 Å². The van der Waals surface area contributed by atoms with Gasteiger partial charge in [-0.1, -0.05) is 0 Å². The van der Waals surface area contributed by atoms with Crippen molar-refractivity contribution in [3.63, 3.8) is 0 Å². The van der Waals surface area contributed by atoms with Gasteiger partial charge in [-0.3, -0.25) is 4.79 Å². The molecule has 134 valence electrons. The van der Waals surface area contributed by atoms with Crippen LogP contribution < -0.4 is 10.0 Å². The normalized spacial score (nSPS) is 18.3. The van der Waals surface area contributed by atoms with Gasteiger partial charge in [0.1, 0.15) is 5.82 Å². The highest BCUT2D eigenvalue weighted by Crippen LogP contribution is 2.15. The third-order valence-electron chi connectivity index (χ3n) is 3.92. The molecule has 2 rings (SSSR count). The standard InChI is InChI=1S/C16H23FN2O4S/c1-12-10-14(5-6-15(12)17)24(21,22)19-11-16(20)18-8-7-13-4-2-3-9-23-13/h5-6,10,13,19H,2-4,7-9,11H2,1H3,(H,18,20). The van der Waals surface area contributed by atoms with Crippen LogP contribution in [-0.2, 0) is 19.6 Å². The number of benzene rings is 1. The van der Waals surface area contributed by atoms with E-state index in [4.69, 9.17) is 4.74 Å². The zero-order chi connectivity index (χ0) is 17.6. The average Bonchev–Trinajstić information content (AvgIpc) is 2.56. The number of amides is 1.